The maximum atomic E-state index is 5.46. The Hall–Kier alpha value is -0.500. The molecule has 0 radical (unpaired) electrons. The molecule has 0 saturated carbocycles. The first-order chi connectivity index (χ1) is 5.66. The Kier molecular flexibility index (Phi) is 3.15. The SMILES string of the molecule is Cc1ccc(C)c(OCBr)c1C. The first kappa shape index (κ1) is 9.59. The molecule has 0 unspecified atom stereocenters. The Bertz CT molecular complexity index is 281. The van der Waals surface area contributed by atoms with Crippen molar-refractivity contribution in [3.05, 3.63) is 28.8 Å². The minimum atomic E-state index is 0.554. The summed E-state index contributed by atoms with van der Waals surface area (Å²) < 4.78 is 5.46. The van der Waals surface area contributed by atoms with E-state index in [0.717, 1.165) is 5.75 Å². The molecule has 0 fully saturated rings. The molecule has 0 N–H and O–H groups in total. The summed E-state index contributed by atoms with van der Waals surface area (Å²) in [5, 5.41) is 0. The van der Waals surface area contributed by atoms with E-state index in [4.69, 9.17) is 4.74 Å². The van der Waals surface area contributed by atoms with Crippen LogP contribution in [0.25, 0.3) is 0 Å². The average Bonchev–Trinajstić information content (AvgIpc) is 2.06. The van der Waals surface area contributed by atoms with E-state index < -0.39 is 0 Å². The molecule has 66 valence electrons. The van der Waals surface area contributed by atoms with Crippen LogP contribution in [0.1, 0.15) is 16.7 Å². The Labute approximate surface area is 81.9 Å². The van der Waals surface area contributed by atoms with Gasteiger partial charge in [-0.1, -0.05) is 12.1 Å². The van der Waals surface area contributed by atoms with Gasteiger partial charge in [-0.3, -0.25) is 0 Å². The van der Waals surface area contributed by atoms with Gasteiger partial charge in [-0.25, -0.2) is 0 Å². The fourth-order valence-electron chi connectivity index (χ4n) is 1.20. The number of benzene rings is 1. The molecule has 1 nitrogen and oxygen atoms in total. The van der Waals surface area contributed by atoms with Crippen molar-refractivity contribution in [2.45, 2.75) is 20.8 Å². The van der Waals surface area contributed by atoms with Crippen molar-refractivity contribution in [1.29, 1.82) is 0 Å². The van der Waals surface area contributed by atoms with Crippen molar-refractivity contribution in [3.8, 4) is 5.75 Å². The predicted molar refractivity (Wildman–Crippen MR) is 55.1 cm³/mol. The Morgan fingerprint density at radius 2 is 1.75 bits per heavy atom. The standard InChI is InChI=1S/C10H13BrO/c1-7-4-5-8(2)10(9(7)3)12-6-11/h4-5H,6H2,1-3H3. The van der Waals surface area contributed by atoms with Gasteiger partial charge in [-0.05, 0) is 53.4 Å². The van der Waals surface area contributed by atoms with Gasteiger partial charge < -0.3 is 4.74 Å². The molecule has 0 spiro atoms. The summed E-state index contributed by atoms with van der Waals surface area (Å²) in [6.07, 6.45) is 0. The topological polar surface area (TPSA) is 9.23 Å². The number of halogens is 1. The van der Waals surface area contributed by atoms with Crippen LogP contribution in [-0.4, -0.2) is 5.52 Å². The van der Waals surface area contributed by atoms with Crippen molar-refractivity contribution in [2.24, 2.45) is 0 Å². The minimum Gasteiger partial charge on any atom is -0.482 e. The zero-order valence-corrected chi connectivity index (χ0v) is 9.23. The van der Waals surface area contributed by atoms with Gasteiger partial charge >= 0.3 is 0 Å². The fraction of sp³-hybridized carbons (Fsp3) is 0.400. The maximum absolute atomic E-state index is 5.46. The van der Waals surface area contributed by atoms with Crippen LogP contribution in [-0.2, 0) is 0 Å². The lowest BCUT2D eigenvalue weighted by molar-refractivity contribution is 0.392. The third kappa shape index (κ3) is 1.81. The Balaban J connectivity index is 3.14. The normalized spacial score (nSPS) is 10.0. The van der Waals surface area contributed by atoms with Gasteiger partial charge in [0.25, 0.3) is 0 Å². The number of rotatable bonds is 2. The van der Waals surface area contributed by atoms with E-state index in [9.17, 15) is 0 Å². The largest absolute Gasteiger partial charge is 0.482 e. The molecule has 0 saturated heterocycles. The van der Waals surface area contributed by atoms with Crippen LogP contribution in [0.4, 0.5) is 0 Å². The van der Waals surface area contributed by atoms with E-state index in [0.29, 0.717) is 5.52 Å². The molecule has 2 heteroatoms. The van der Waals surface area contributed by atoms with Crippen LogP contribution in [0.2, 0.25) is 0 Å². The first-order valence-electron chi connectivity index (χ1n) is 3.92. The molecule has 0 bridgehead atoms. The molecule has 1 aromatic carbocycles. The van der Waals surface area contributed by atoms with Gasteiger partial charge in [0.05, 0.1) is 0 Å². The highest BCUT2D eigenvalue weighted by atomic mass is 79.9. The van der Waals surface area contributed by atoms with Gasteiger partial charge in [-0.2, -0.15) is 0 Å². The summed E-state index contributed by atoms with van der Waals surface area (Å²) in [6, 6.07) is 4.20. The molecule has 0 atom stereocenters. The van der Waals surface area contributed by atoms with Crippen molar-refractivity contribution >= 4 is 15.9 Å². The summed E-state index contributed by atoms with van der Waals surface area (Å²) in [4.78, 5) is 0. The zero-order chi connectivity index (χ0) is 9.14. The molecule has 0 aliphatic carbocycles. The Morgan fingerprint density at radius 3 is 2.33 bits per heavy atom. The van der Waals surface area contributed by atoms with E-state index in [2.05, 4.69) is 48.8 Å². The minimum absolute atomic E-state index is 0.554. The van der Waals surface area contributed by atoms with Crippen LogP contribution in [0.5, 0.6) is 5.75 Å². The highest BCUT2D eigenvalue weighted by molar-refractivity contribution is 9.09. The number of alkyl halides is 1. The molecule has 0 aromatic heterocycles. The predicted octanol–water partition coefficient (Wildman–Crippen LogP) is 3.34. The van der Waals surface area contributed by atoms with Gasteiger partial charge in [0, 0.05) is 0 Å². The van der Waals surface area contributed by atoms with E-state index in [1.165, 1.54) is 16.7 Å². The summed E-state index contributed by atoms with van der Waals surface area (Å²) in [5.74, 6) is 1.01. The number of ether oxygens (including phenoxy) is 1. The second kappa shape index (κ2) is 3.94. The summed E-state index contributed by atoms with van der Waals surface area (Å²) in [5.41, 5.74) is 4.25. The number of hydrogen-bond acceptors (Lipinski definition) is 1. The first-order valence-corrected chi connectivity index (χ1v) is 5.04. The third-order valence-electron chi connectivity index (χ3n) is 2.07. The molecule has 1 aromatic rings. The number of hydrogen-bond donors (Lipinski definition) is 0. The average molecular weight is 229 g/mol. The summed E-state index contributed by atoms with van der Waals surface area (Å²) in [7, 11) is 0. The summed E-state index contributed by atoms with van der Waals surface area (Å²) >= 11 is 3.26. The molecule has 0 heterocycles. The number of aryl methyl sites for hydroxylation is 2. The molecule has 0 aliphatic heterocycles. The van der Waals surface area contributed by atoms with E-state index in [-0.39, 0.29) is 0 Å². The monoisotopic (exact) mass is 228 g/mol. The van der Waals surface area contributed by atoms with Crippen molar-refractivity contribution in [2.75, 3.05) is 5.52 Å². The molecule has 0 amide bonds. The molecule has 12 heavy (non-hydrogen) atoms. The lowest BCUT2D eigenvalue weighted by atomic mass is 10.1. The molecular formula is C10H13BrO. The Morgan fingerprint density at radius 1 is 1.17 bits per heavy atom. The van der Waals surface area contributed by atoms with E-state index in [1.807, 2.05) is 0 Å². The lowest BCUT2D eigenvalue weighted by Crippen LogP contribution is -1.96. The van der Waals surface area contributed by atoms with Crippen molar-refractivity contribution in [1.82, 2.24) is 0 Å². The van der Waals surface area contributed by atoms with Crippen molar-refractivity contribution < 1.29 is 4.74 Å². The summed E-state index contributed by atoms with van der Waals surface area (Å²) in [6.45, 7) is 6.24. The van der Waals surface area contributed by atoms with Crippen LogP contribution >= 0.6 is 15.9 Å². The lowest BCUT2D eigenvalue weighted by Gasteiger charge is -2.11. The van der Waals surface area contributed by atoms with Gasteiger partial charge in [0.15, 0.2) is 0 Å². The van der Waals surface area contributed by atoms with Crippen LogP contribution in [0, 0.1) is 20.8 Å². The van der Waals surface area contributed by atoms with Gasteiger partial charge in [0.2, 0.25) is 0 Å². The highest BCUT2D eigenvalue weighted by Crippen LogP contribution is 2.25. The highest BCUT2D eigenvalue weighted by Gasteiger charge is 2.04. The van der Waals surface area contributed by atoms with Crippen LogP contribution in [0.3, 0.4) is 0 Å². The second-order valence-electron chi connectivity index (χ2n) is 2.91. The quantitative estimate of drug-likeness (QED) is 0.706. The van der Waals surface area contributed by atoms with Gasteiger partial charge in [-0.15, -0.1) is 0 Å². The fourth-order valence-corrected chi connectivity index (χ4v) is 1.43. The van der Waals surface area contributed by atoms with Gasteiger partial charge in [0.1, 0.15) is 11.3 Å². The maximum Gasteiger partial charge on any atom is 0.143 e. The van der Waals surface area contributed by atoms with Crippen molar-refractivity contribution in [3.63, 3.8) is 0 Å². The zero-order valence-electron chi connectivity index (χ0n) is 7.65. The van der Waals surface area contributed by atoms with Crippen LogP contribution in [0.15, 0.2) is 12.1 Å². The second-order valence-corrected chi connectivity index (χ2v) is 3.36. The molecule has 1 rings (SSSR count). The molecular weight excluding hydrogens is 216 g/mol. The van der Waals surface area contributed by atoms with E-state index in [1.54, 1.807) is 0 Å². The third-order valence-corrected chi connectivity index (χ3v) is 2.30. The van der Waals surface area contributed by atoms with E-state index >= 15 is 0 Å². The van der Waals surface area contributed by atoms with Crippen LogP contribution < -0.4 is 4.74 Å². The smallest absolute Gasteiger partial charge is 0.143 e. The molecule has 0 aliphatic rings.